The SMILES string of the molecule is Cc1ccc(S(=O)(=O)N(CC(=O)Nc2ccc(Br)cc2F)Cc2ccccc2F)cc1. The highest BCUT2D eigenvalue weighted by Crippen LogP contribution is 2.22. The van der Waals surface area contributed by atoms with E-state index in [1.165, 1.54) is 42.5 Å². The van der Waals surface area contributed by atoms with Gasteiger partial charge in [-0.15, -0.1) is 0 Å². The van der Waals surface area contributed by atoms with Gasteiger partial charge in [-0.3, -0.25) is 4.79 Å². The number of sulfonamides is 1. The number of amides is 1. The molecule has 0 saturated heterocycles. The molecule has 0 atom stereocenters. The second-order valence-corrected chi connectivity index (χ2v) is 9.70. The van der Waals surface area contributed by atoms with Crippen LogP contribution in [-0.2, 0) is 21.4 Å². The maximum Gasteiger partial charge on any atom is 0.243 e. The van der Waals surface area contributed by atoms with Gasteiger partial charge >= 0.3 is 0 Å². The van der Waals surface area contributed by atoms with E-state index in [0.717, 1.165) is 9.87 Å². The van der Waals surface area contributed by atoms with E-state index in [1.807, 2.05) is 6.92 Å². The molecule has 0 spiro atoms. The molecule has 0 radical (unpaired) electrons. The lowest BCUT2D eigenvalue weighted by molar-refractivity contribution is -0.116. The lowest BCUT2D eigenvalue weighted by Crippen LogP contribution is -2.38. The van der Waals surface area contributed by atoms with Crippen LogP contribution in [0.3, 0.4) is 0 Å². The number of anilines is 1. The van der Waals surface area contributed by atoms with Gasteiger partial charge in [-0.1, -0.05) is 51.8 Å². The lowest BCUT2D eigenvalue weighted by atomic mass is 10.2. The predicted molar refractivity (Wildman–Crippen MR) is 118 cm³/mol. The molecule has 0 saturated carbocycles. The monoisotopic (exact) mass is 508 g/mol. The van der Waals surface area contributed by atoms with Crippen LogP contribution < -0.4 is 5.32 Å². The summed E-state index contributed by atoms with van der Waals surface area (Å²) in [6.45, 7) is 0.826. The van der Waals surface area contributed by atoms with Gasteiger partial charge in [-0.05, 0) is 43.3 Å². The molecule has 5 nitrogen and oxygen atoms in total. The molecular formula is C22H19BrF2N2O3S. The Balaban J connectivity index is 1.90. The van der Waals surface area contributed by atoms with Crippen LogP contribution in [0, 0.1) is 18.6 Å². The van der Waals surface area contributed by atoms with Crippen molar-refractivity contribution in [3.63, 3.8) is 0 Å². The molecule has 0 aromatic heterocycles. The first-order chi connectivity index (χ1) is 14.7. The molecule has 0 aliphatic heterocycles. The van der Waals surface area contributed by atoms with Crippen LogP contribution in [-0.4, -0.2) is 25.2 Å². The van der Waals surface area contributed by atoms with Crippen molar-refractivity contribution in [1.29, 1.82) is 0 Å². The molecule has 31 heavy (non-hydrogen) atoms. The standard InChI is InChI=1S/C22H19BrF2N2O3S/c1-15-6-9-18(10-7-15)31(29,30)27(13-16-4-2-3-5-19(16)24)14-22(28)26-21-11-8-17(23)12-20(21)25/h2-12H,13-14H2,1H3,(H,26,28). The fraction of sp³-hybridized carbons (Fsp3) is 0.136. The number of nitrogens with one attached hydrogen (secondary N) is 1. The molecule has 3 aromatic rings. The van der Waals surface area contributed by atoms with Gasteiger partial charge in [0.2, 0.25) is 15.9 Å². The average molecular weight is 509 g/mol. The van der Waals surface area contributed by atoms with Crippen LogP contribution in [0.25, 0.3) is 0 Å². The Bertz CT molecular complexity index is 1200. The molecule has 3 rings (SSSR count). The van der Waals surface area contributed by atoms with Crippen molar-refractivity contribution < 1.29 is 22.0 Å². The average Bonchev–Trinajstić information content (AvgIpc) is 2.71. The van der Waals surface area contributed by atoms with Crippen LogP contribution in [0.2, 0.25) is 0 Å². The Morgan fingerprint density at radius 3 is 2.32 bits per heavy atom. The van der Waals surface area contributed by atoms with Crippen molar-refractivity contribution in [2.75, 3.05) is 11.9 Å². The first-order valence-corrected chi connectivity index (χ1v) is 11.5. The number of benzene rings is 3. The lowest BCUT2D eigenvalue weighted by Gasteiger charge is -2.22. The second-order valence-electron chi connectivity index (χ2n) is 6.85. The minimum Gasteiger partial charge on any atom is -0.322 e. The van der Waals surface area contributed by atoms with Crippen LogP contribution in [0.15, 0.2) is 76.1 Å². The normalized spacial score (nSPS) is 11.5. The summed E-state index contributed by atoms with van der Waals surface area (Å²) in [4.78, 5) is 12.5. The Morgan fingerprint density at radius 1 is 1.00 bits per heavy atom. The van der Waals surface area contributed by atoms with Gasteiger partial charge < -0.3 is 5.32 Å². The number of nitrogens with zero attached hydrogens (tertiary/aromatic N) is 1. The van der Waals surface area contributed by atoms with Gasteiger partial charge in [-0.25, -0.2) is 17.2 Å². The maximum atomic E-state index is 14.2. The zero-order valence-corrected chi connectivity index (χ0v) is 18.9. The van der Waals surface area contributed by atoms with E-state index in [0.29, 0.717) is 4.47 Å². The van der Waals surface area contributed by atoms with E-state index in [-0.39, 0.29) is 22.7 Å². The van der Waals surface area contributed by atoms with Crippen molar-refractivity contribution >= 4 is 37.5 Å². The summed E-state index contributed by atoms with van der Waals surface area (Å²) in [6, 6.07) is 15.9. The molecule has 9 heteroatoms. The predicted octanol–water partition coefficient (Wildman–Crippen LogP) is 4.87. The molecule has 0 bridgehead atoms. The molecule has 0 unspecified atom stereocenters. The number of aryl methyl sites for hydroxylation is 1. The Labute approximate surface area is 187 Å². The first-order valence-electron chi connectivity index (χ1n) is 9.22. The molecule has 1 amide bonds. The van der Waals surface area contributed by atoms with Crippen molar-refractivity contribution in [2.24, 2.45) is 0 Å². The molecule has 0 aliphatic carbocycles. The summed E-state index contributed by atoms with van der Waals surface area (Å²) < 4.78 is 56.0. The summed E-state index contributed by atoms with van der Waals surface area (Å²) >= 11 is 3.13. The number of carbonyl (C=O) groups is 1. The molecule has 3 aromatic carbocycles. The quantitative estimate of drug-likeness (QED) is 0.495. The van der Waals surface area contributed by atoms with E-state index in [4.69, 9.17) is 0 Å². The zero-order chi connectivity index (χ0) is 22.6. The molecule has 0 fully saturated rings. The summed E-state index contributed by atoms with van der Waals surface area (Å²) in [5, 5.41) is 2.37. The highest BCUT2D eigenvalue weighted by Gasteiger charge is 2.28. The Kier molecular flexibility index (Phi) is 7.19. The summed E-state index contributed by atoms with van der Waals surface area (Å²) in [5.41, 5.74) is 0.885. The van der Waals surface area contributed by atoms with Gasteiger partial charge in [0.15, 0.2) is 0 Å². The number of hydrogen-bond acceptors (Lipinski definition) is 3. The third-order valence-electron chi connectivity index (χ3n) is 4.49. The fourth-order valence-electron chi connectivity index (χ4n) is 2.84. The topological polar surface area (TPSA) is 66.5 Å². The fourth-order valence-corrected chi connectivity index (χ4v) is 4.55. The van der Waals surface area contributed by atoms with Crippen molar-refractivity contribution in [3.8, 4) is 0 Å². The van der Waals surface area contributed by atoms with Crippen LogP contribution in [0.4, 0.5) is 14.5 Å². The van der Waals surface area contributed by atoms with Gasteiger partial charge in [0.1, 0.15) is 11.6 Å². The van der Waals surface area contributed by atoms with Gasteiger partial charge in [0.25, 0.3) is 0 Å². The molecule has 0 heterocycles. The highest BCUT2D eigenvalue weighted by atomic mass is 79.9. The van der Waals surface area contributed by atoms with E-state index < -0.39 is 34.1 Å². The van der Waals surface area contributed by atoms with Crippen molar-refractivity contribution in [3.05, 3.63) is 94.0 Å². The maximum absolute atomic E-state index is 14.2. The van der Waals surface area contributed by atoms with Gasteiger partial charge in [-0.2, -0.15) is 4.31 Å². The van der Waals surface area contributed by atoms with E-state index >= 15 is 0 Å². The summed E-state index contributed by atoms with van der Waals surface area (Å²) in [7, 11) is -4.13. The van der Waals surface area contributed by atoms with E-state index in [1.54, 1.807) is 24.3 Å². The van der Waals surface area contributed by atoms with Gasteiger partial charge in [0, 0.05) is 16.6 Å². The first kappa shape index (κ1) is 23.1. The second kappa shape index (κ2) is 9.67. The molecule has 1 N–H and O–H groups in total. The number of rotatable bonds is 7. The zero-order valence-electron chi connectivity index (χ0n) is 16.5. The Morgan fingerprint density at radius 2 is 1.68 bits per heavy atom. The summed E-state index contributed by atoms with van der Waals surface area (Å²) in [5.74, 6) is -2.02. The van der Waals surface area contributed by atoms with Crippen molar-refractivity contribution in [1.82, 2.24) is 4.31 Å². The minimum absolute atomic E-state index is 0.0305. The van der Waals surface area contributed by atoms with E-state index in [9.17, 15) is 22.0 Å². The third kappa shape index (κ3) is 5.75. The third-order valence-corrected chi connectivity index (χ3v) is 6.79. The van der Waals surface area contributed by atoms with Crippen molar-refractivity contribution in [2.45, 2.75) is 18.4 Å². The minimum atomic E-state index is -4.13. The number of carbonyl (C=O) groups excluding carboxylic acids is 1. The number of halogens is 3. The highest BCUT2D eigenvalue weighted by molar-refractivity contribution is 9.10. The van der Waals surface area contributed by atoms with Gasteiger partial charge in [0.05, 0.1) is 17.1 Å². The van der Waals surface area contributed by atoms with Crippen LogP contribution in [0.1, 0.15) is 11.1 Å². The smallest absolute Gasteiger partial charge is 0.243 e. The van der Waals surface area contributed by atoms with Crippen LogP contribution in [0.5, 0.6) is 0 Å². The Hall–Kier alpha value is -2.62. The van der Waals surface area contributed by atoms with E-state index in [2.05, 4.69) is 21.2 Å². The molecule has 162 valence electrons. The molecular weight excluding hydrogens is 490 g/mol. The summed E-state index contributed by atoms with van der Waals surface area (Å²) in [6.07, 6.45) is 0. The molecule has 0 aliphatic rings. The van der Waals surface area contributed by atoms with Crippen LogP contribution >= 0.6 is 15.9 Å². The number of hydrogen-bond donors (Lipinski definition) is 1. The largest absolute Gasteiger partial charge is 0.322 e.